The van der Waals surface area contributed by atoms with E-state index < -0.39 is 0 Å². The summed E-state index contributed by atoms with van der Waals surface area (Å²) < 4.78 is 0. The first-order valence-corrected chi connectivity index (χ1v) is 4.38. The average Bonchev–Trinajstić information content (AvgIpc) is 2.53. The van der Waals surface area contributed by atoms with Crippen LogP contribution in [0.2, 0.25) is 0 Å². The maximum atomic E-state index is 11.4. The summed E-state index contributed by atoms with van der Waals surface area (Å²) in [6, 6.07) is 3.66. The topological polar surface area (TPSA) is 29.1 Å². The van der Waals surface area contributed by atoms with Gasteiger partial charge in [-0.05, 0) is 25.4 Å². The van der Waals surface area contributed by atoms with Crippen LogP contribution in [0.3, 0.4) is 0 Å². The molecule has 1 aromatic heterocycles. The summed E-state index contributed by atoms with van der Waals surface area (Å²) in [7, 11) is 1.79. The van der Waals surface area contributed by atoms with E-state index in [4.69, 9.17) is 0 Å². The van der Waals surface area contributed by atoms with Crippen molar-refractivity contribution >= 4 is 17.1 Å². The summed E-state index contributed by atoms with van der Waals surface area (Å²) in [6.45, 7) is 1.86. The van der Waals surface area contributed by atoms with E-state index in [1.807, 2.05) is 24.4 Å². The summed E-state index contributed by atoms with van der Waals surface area (Å²) in [5.41, 5.74) is 0. The van der Waals surface area contributed by atoms with Crippen molar-refractivity contribution < 1.29 is 4.79 Å². The van der Waals surface area contributed by atoms with Gasteiger partial charge in [0, 0.05) is 0 Å². The van der Waals surface area contributed by atoms with Gasteiger partial charge in [0.15, 0.2) is 5.78 Å². The highest BCUT2D eigenvalue weighted by molar-refractivity contribution is 7.12. The van der Waals surface area contributed by atoms with E-state index in [1.54, 1.807) is 7.05 Å². The molecule has 0 radical (unpaired) electrons. The third kappa shape index (κ3) is 1.88. The number of ketones is 1. The van der Waals surface area contributed by atoms with E-state index in [1.165, 1.54) is 11.3 Å². The molecule has 0 aliphatic heterocycles. The van der Waals surface area contributed by atoms with Crippen molar-refractivity contribution in [1.82, 2.24) is 5.32 Å². The lowest BCUT2D eigenvalue weighted by Gasteiger charge is -2.05. The Morgan fingerprint density at radius 3 is 2.91 bits per heavy atom. The number of hydrogen-bond acceptors (Lipinski definition) is 3. The van der Waals surface area contributed by atoms with Crippen molar-refractivity contribution in [3.05, 3.63) is 22.4 Å². The Hall–Kier alpha value is -0.670. The molecule has 2 nitrogen and oxygen atoms in total. The van der Waals surface area contributed by atoms with Gasteiger partial charge < -0.3 is 5.32 Å². The van der Waals surface area contributed by atoms with Crippen LogP contribution in [0.4, 0.5) is 0 Å². The molecule has 0 aliphatic carbocycles. The molecule has 0 saturated carbocycles. The maximum absolute atomic E-state index is 11.4. The quantitative estimate of drug-likeness (QED) is 0.695. The molecule has 1 N–H and O–H groups in total. The van der Waals surface area contributed by atoms with E-state index in [2.05, 4.69) is 5.32 Å². The van der Waals surface area contributed by atoms with E-state index in [-0.39, 0.29) is 11.8 Å². The first-order valence-electron chi connectivity index (χ1n) is 3.50. The molecule has 0 unspecified atom stereocenters. The Balaban J connectivity index is 2.70. The fourth-order valence-electron chi connectivity index (χ4n) is 0.763. The van der Waals surface area contributed by atoms with Crippen LogP contribution in [0, 0.1) is 0 Å². The van der Waals surface area contributed by atoms with Crippen LogP contribution in [-0.2, 0) is 0 Å². The minimum absolute atomic E-state index is 0.0753. The monoisotopic (exact) mass is 169 g/mol. The zero-order valence-electron chi connectivity index (χ0n) is 6.63. The summed E-state index contributed by atoms with van der Waals surface area (Å²) >= 11 is 1.49. The molecule has 0 saturated heterocycles. The predicted molar refractivity (Wildman–Crippen MR) is 47.2 cm³/mol. The molecule has 60 valence electrons. The molecule has 1 rings (SSSR count). The second-order valence-corrected chi connectivity index (χ2v) is 3.30. The van der Waals surface area contributed by atoms with Gasteiger partial charge in [-0.2, -0.15) is 0 Å². The van der Waals surface area contributed by atoms with Gasteiger partial charge in [-0.1, -0.05) is 6.07 Å². The molecule has 11 heavy (non-hydrogen) atoms. The van der Waals surface area contributed by atoms with Gasteiger partial charge in [0.2, 0.25) is 0 Å². The molecule has 0 spiro atoms. The summed E-state index contributed by atoms with van der Waals surface area (Å²) in [5, 5.41) is 4.82. The molecule has 1 heterocycles. The molecular weight excluding hydrogens is 158 g/mol. The van der Waals surface area contributed by atoms with Gasteiger partial charge in [0.1, 0.15) is 0 Å². The van der Waals surface area contributed by atoms with Crippen LogP contribution in [0.15, 0.2) is 17.5 Å². The predicted octanol–water partition coefficient (Wildman–Crippen LogP) is 1.54. The third-order valence-corrected chi connectivity index (χ3v) is 2.47. The van der Waals surface area contributed by atoms with Crippen molar-refractivity contribution in [2.45, 2.75) is 13.0 Å². The summed E-state index contributed by atoms with van der Waals surface area (Å²) in [4.78, 5) is 12.2. The van der Waals surface area contributed by atoms with E-state index in [9.17, 15) is 4.79 Å². The van der Waals surface area contributed by atoms with E-state index in [0.717, 1.165) is 4.88 Å². The largest absolute Gasteiger partial charge is 0.310 e. The van der Waals surface area contributed by atoms with Crippen LogP contribution < -0.4 is 5.32 Å². The van der Waals surface area contributed by atoms with Gasteiger partial charge in [-0.15, -0.1) is 11.3 Å². The molecule has 0 aliphatic rings. The first-order chi connectivity index (χ1) is 5.25. The number of nitrogens with one attached hydrogen (secondary N) is 1. The number of hydrogen-bond donors (Lipinski definition) is 1. The number of carbonyl (C=O) groups excluding carboxylic acids is 1. The normalized spacial score (nSPS) is 12.9. The molecule has 0 bridgehead atoms. The number of rotatable bonds is 3. The Bertz CT molecular complexity index is 230. The maximum Gasteiger partial charge on any atom is 0.189 e. The highest BCUT2D eigenvalue weighted by Gasteiger charge is 2.12. The lowest BCUT2D eigenvalue weighted by molar-refractivity contribution is 0.0959. The summed E-state index contributed by atoms with van der Waals surface area (Å²) in [6.07, 6.45) is 0. The third-order valence-electron chi connectivity index (χ3n) is 1.59. The van der Waals surface area contributed by atoms with Gasteiger partial charge in [-0.3, -0.25) is 4.79 Å². The Kier molecular flexibility index (Phi) is 2.79. The lowest BCUT2D eigenvalue weighted by Crippen LogP contribution is -2.30. The van der Waals surface area contributed by atoms with E-state index in [0.29, 0.717) is 0 Å². The van der Waals surface area contributed by atoms with Crippen LogP contribution >= 0.6 is 11.3 Å². The highest BCUT2D eigenvalue weighted by atomic mass is 32.1. The number of carbonyl (C=O) groups is 1. The van der Waals surface area contributed by atoms with Crippen LogP contribution in [-0.4, -0.2) is 18.9 Å². The smallest absolute Gasteiger partial charge is 0.189 e. The number of likely N-dealkylation sites (N-methyl/N-ethyl adjacent to an activating group) is 1. The van der Waals surface area contributed by atoms with Crippen molar-refractivity contribution in [3.63, 3.8) is 0 Å². The molecule has 1 aromatic rings. The van der Waals surface area contributed by atoms with Crippen molar-refractivity contribution in [1.29, 1.82) is 0 Å². The van der Waals surface area contributed by atoms with Crippen LogP contribution in [0.25, 0.3) is 0 Å². The lowest BCUT2D eigenvalue weighted by atomic mass is 10.2. The standard InChI is InChI=1S/C8H11NOS/c1-6(9-2)8(10)7-4-3-5-11-7/h3-6,9H,1-2H3/t6-/m0/s1. The SMILES string of the molecule is CN[C@@H](C)C(=O)c1cccs1. The second-order valence-electron chi connectivity index (χ2n) is 2.35. The van der Waals surface area contributed by atoms with Crippen molar-refractivity contribution in [2.24, 2.45) is 0 Å². The van der Waals surface area contributed by atoms with Crippen molar-refractivity contribution in [2.75, 3.05) is 7.05 Å². The van der Waals surface area contributed by atoms with Gasteiger partial charge >= 0.3 is 0 Å². The molecular formula is C8H11NOS. The van der Waals surface area contributed by atoms with Gasteiger partial charge in [0.25, 0.3) is 0 Å². The van der Waals surface area contributed by atoms with Gasteiger partial charge in [0.05, 0.1) is 10.9 Å². The highest BCUT2D eigenvalue weighted by Crippen LogP contribution is 2.10. The summed E-state index contributed by atoms with van der Waals surface area (Å²) in [5.74, 6) is 0.169. The van der Waals surface area contributed by atoms with Crippen LogP contribution in [0.5, 0.6) is 0 Å². The fraction of sp³-hybridized carbons (Fsp3) is 0.375. The zero-order valence-corrected chi connectivity index (χ0v) is 7.44. The number of Topliss-reactive ketones (excluding diaryl/α,β-unsaturated/α-hetero) is 1. The van der Waals surface area contributed by atoms with Crippen molar-refractivity contribution in [3.8, 4) is 0 Å². The first kappa shape index (κ1) is 8.43. The Morgan fingerprint density at radius 1 is 1.73 bits per heavy atom. The molecule has 0 fully saturated rings. The minimum atomic E-state index is -0.0753. The molecule has 3 heteroatoms. The minimum Gasteiger partial charge on any atom is -0.310 e. The van der Waals surface area contributed by atoms with Gasteiger partial charge in [-0.25, -0.2) is 0 Å². The zero-order chi connectivity index (χ0) is 8.27. The van der Waals surface area contributed by atoms with Crippen LogP contribution in [0.1, 0.15) is 16.6 Å². The molecule has 1 atom stereocenters. The van der Waals surface area contributed by atoms with E-state index >= 15 is 0 Å². The molecule has 0 amide bonds. The fourth-order valence-corrected chi connectivity index (χ4v) is 1.52. The Labute approximate surface area is 70.2 Å². The Morgan fingerprint density at radius 2 is 2.45 bits per heavy atom. The second kappa shape index (κ2) is 3.64. The number of thiophene rings is 1. The average molecular weight is 169 g/mol. The molecule has 0 aromatic carbocycles.